The minimum atomic E-state index is -0.440. The summed E-state index contributed by atoms with van der Waals surface area (Å²) in [5.74, 6) is -0.440. The number of aromatic nitrogens is 1. The van der Waals surface area contributed by atoms with E-state index in [1.54, 1.807) is 6.07 Å². The minimum absolute atomic E-state index is 0.184. The summed E-state index contributed by atoms with van der Waals surface area (Å²) in [5, 5.41) is 0. The molecule has 0 bridgehead atoms. The van der Waals surface area contributed by atoms with E-state index in [0.717, 1.165) is 18.5 Å². The lowest BCUT2D eigenvalue weighted by molar-refractivity contribution is -0.0979. The number of halogens is 1. The standard InChI is InChI=1S/C8H11FN2.CH2O/c1-2-3-6-4-8(10)7(9)5-11-6;1-2/h4-5H,2-3H2,1H3,(H2,10,11);1H2. The van der Waals surface area contributed by atoms with Crippen LogP contribution >= 0.6 is 0 Å². The zero-order valence-electron chi connectivity index (χ0n) is 7.59. The van der Waals surface area contributed by atoms with Gasteiger partial charge in [-0.25, -0.2) is 4.39 Å². The van der Waals surface area contributed by atoms with Crippen molar-refractivity contribution >= 4 is 12.5 Å². The third-order valence-electron chi connectivity index (χ3n) is 1.45. The number of carbonyl (C=O) groups excluding carboxylic acids is 1. The van der Waals surface area contributed by atoms with Gasteiger partial charge in [-0.05, 0) is 12.5 Å². The Hall–Kier alpha value is -1.45. The van der Waals surface area contributed by atoms with Gasteiger partial charge in [-0.2, -0.15) is 0 Å². The second-order valence-corrected chi connectivity index (χ2v) is 2.45. The second kappa shape index (κ2) is 6.11. The molecule has 0 amide bonds. The SMILES string of the molecule is C=O.CCCc1cc(N)c(F)cn1. The van der Waals surface area contributed by atoms with E-state index in [1.165, 1.54) is 6.20 Å². The maximum Gasteiger partial charge on any atom is 0.164 e. The maximum absolute atomic E-state index is 12.6. The number of nitrogens with zero attached hydrogens (tertiary/aromatic N) is 1. The molecular formula is C9H13FN2O. The summed E-state index contributed by atoms with van der Waals surface area (Å²) in [5.41, 5.74) is 6.37. The van der Waals surface area contributed by atoms with E-state index in [9.17, 15) is 4.39 Å². The van der Waals surface area contributed by atoms with Gasteiger partial charge in [0.05, 0.1) is 11.9 Å². The molecule has 1 rings (SSSR count). The molecule has 3 nitrogen and oxygen atoms in total. The van der Waals surface area contributed by atoms with Gasteiger partial charge in [0.15, 0.2) is 5.82 Å². The van der Waals surface area contributed by atoms with Gasteiger partial charge in [0, 0.05) is 5.69 Å². The molecule has 13 heavy (non-hydrogen) atoms. The Morgan fingerprint density at radius 3 is 2.69 bits per heavy atom. The van der Waals surface area contributed by atoms with Gasteiger partial charge in [-0.15, -0.1) is 0 Å². The smallest absolute Gasteiger partial charge is 0.164 e. The average molecular weight is 184 g/mol. The van der Waals surface area contributed by atoms with E-state index in [-0.39, 0.29) is 5.69 Å². The number of hydrogen-bond acceptors (Lipinski definition) is 3. The van der Waals surface area contributed by atoms with Gasteiger partial charge in [-0.3, -0.25) is 4.98 Å². The molecule has 4 heteroatoms. The Balaban J connectivity index is 0.000000671. The van der Waals surface area contributed by atoms with Crippen LogP contribution < -0.4 is 5.73 Å². The molecule has 0 spiro atoms. The molecule has 1 aromatic heterocycles. The molecule has 0 saturated carbocycles. The fraction of sp³-hybridized carbons (Fsp3) is 0.333. The van der Waals surface area contributed by atoms with Crippen molar-refractivity contribution in [1.82, 2.24) is 4.98 Å². The Morgan fingerprint density at radius 1 is 1.62 bits per heavy atom. The highest BCUT2D eigenvalue weighted by atomic mass is 19.1. The fourth-order valence-corrected chi connectivity index (χ4v) is 0.893. The second-order valence-electron chi connectivity index (χ2n) is 2.45. The molecular weight excluding hydrogens is 171 g/mol. The molecule has 0 aliphatic heterocycles. The molecule has 0 fully saturated rings. The quantitative estimate of drug-likeness (QED) is 0.759. The Labute approximate surface area is 76.8 Å². The first-order valence-corrected chi connectivity index (χ1v) is 3.92. The van der Waals surface area contributed by atoms with Gasteiger partial charge >= 0.3 is 0 Å². The van der Waals surface area contributed by atoms with Gasteiger partial charge in [0.25, 0.3) is 0 Å². The van der Waals surface area contributed by atoms with Crippen LogP contribution in [0.5, 0.6) is 0 Å². The Kier molecular flexibility index (Phi) is 5.43. The van der Waals surface area contributed by atoms with Crippen LogP contribution in [0.4, 0.5) is 10.1 Å². The number of nitrogen functional groups attached to an aromatic ring is 1. The lowest BCUT2D eigenvalue weighted by Gasteiger charge is -1.99. The van der Waals surface area contributed by atoms with Crippen LogP contribution in [0.25, 0.3) is 0 Å². The van der Waals surface area contributed by atoms with Gasteiger partial charge in [0.2, 0.25) is 0 Å². The van der Waals surface area contributed by atoms with Crippen molar-refractivity contribution in [2.45, 2.75) is 19.8 Å². The van der Waals surface area contributed by atoms with E-state index >= 15 is 0 Å². The Morgan fingerprint density at radius 2 is 2.23 bits per heavy atom. The third kappa shape index (κ3) is 3.64. The fourth-order valence-electron chi connectivity index (χ4n) is 0.893. The third-order valence-corrected chi connectivity index (χ3v) is 1.45. The first-order valence-electron chi connectivity index (χ1n) is 3.92. The summed E-state index contributed by atoms with van der Waals surface area (Å²) in [4.78, 5) is 11.9. The highest BCUT2D eigenvalue weighted by Gasteiger charge is 1.99. The van der Waals surface area contributed by atoms with Crippen molar-refractivity contribution in [3.8, 4) is 0 Å². The van der Waals surface area contributed by atoms with Gasteiger partial charge < -0.3 is 10.5 Å². The highest BCUT2D eigenvalue weighted by Crippen LogP contribution is 2.10. The summed E-state index contributed by atoms with van der Waals surface area (Å²) < 4.78 is 12.6. The first kappa shape index (κ1) is 11.5. The van der Waals surface area contributed by atoms with Gasteiger partial charge in [0.1, 0.15) is 6.79 Å². The summed E-state index contributed by atoms with van der Waals surface area (Å²) in [6, 6.07) is 1.58. The molecule has 0 aromatic carbocycles. The summed E-state index contributed by atoms with van der Waals surface area (Å²) in [7, 11) is 0. The predicted molar refractivity (Wildman–Crippen MR) is 49.7 cm³/mol. The normalized spacial score (nSPS) is 8.77. The number of aryl methyl sites for hydroxylation is 1. The molecule has 0 aliphatic rings. The lowest BCUT2D eigenvalue weighted by atomic mass is 10.2. The van der Waals surface area contributed by atoms with Crippen LogP contribution in [0.1, 0.15) is 19.0 Å². The zero-order valence-corrected chi connectivity index (χ0v) is 7.59. The number of rotatable bonds is 2. The number of carbonyl (C=O) groups is 1. The maximum atomic E-state index is 12.6. The largest absolute Gasteiger partial charge is 0.396 e. The zero-order chi connectivity index (χ0) is 10.3. The molecule has 0 radical (unpaired) electrons. The molecule has 0 aliphatic carbocycles. The minimum Gasteiger partial charge on any atom is -0.396 e. The number of nitrogens with two attached hydrogens (primary N) is 1. The van der Waals surface area contributed by atoms with E-state index in [4.69, 9.17) is 10.5 Å². The van der Waals surface area contributed by atoms with Crippen molar-refractivity contribution in [2.24, 2.45) is 0 Å². The number of hydrogen-bond donors (Lipinski definition) is 1. The van der Waals surface area contributed by atoms with Crippen LogP contribution in [0.3, 0.4) is 0 Å². The summed E-state index contributed by atoms with van der Waals surface area (Å²) >= 11 is 0. The topological polar surface area (TPSA) is 56.0 Å². The van der Waals surface area contributed by atoms with E-state index < -0.39 is 5.82 Å². The van der Waals surface area contributed by atoms with Crippen molar-refractivity contribution in [3.05, 3.63) is 23.8 Å². The number of pyridine rings is 1. The lowest BCUT2D eigenvalue weighted by Crippen LogP contribution is -1.96. The van der Waals surface area contributed by atoms with Crippen molar-refractivity contribution in [3.63, 3.8) is 0 Å². The predicted octanol–water partition coefficient (Wildman–Crippen LogP) is 1.57. The van der Waals surface area contributed by atoms with Crippen LogP contribution in [-0.2, 0) is 11.2 Å². The Bertz CT molecular complexity index is 266. The van der Waals surface area contributed by atoms with Crippen LogP contribution in [0.15, 0.2) is 12.3 Å². The summed E-state index contributed by atoms with van der Waals surface area (Å²) in [6.45, 7) is 4.04. The molecule has 0 atom stereocenters. The van der Waals surface area contributed by atoms with Crippen LogP contribution in [0, 0.1) is 5.82 Å². The number of anilines is 1. The van der Waals surface area contributed by atoms with Crippen molar-refractivity contribution in [2.75, 3.05) is 5.73 Å². The van der Waals surface area contributed by atoms with E-state index in [0.29, 0.717) is 0 Å². The van der Waals surface area contributed by atoms with Crippen molar-refractivity contribution < 1.29 is 9.18 Å². The van der Waals surface area contributed by atoms with Crippen LogP contribution in [-0.4, -0.2) is 11.8 Å². The molecule has 2 N–H and O–H groups in total. The molecule has 1 aromatic rings. The summed E-state index contributed by atoms with van der Waals surface area (Å²) in [6.07, 6.45) is 3.02. The molecule has 72 valence electrons. The van der Waals surface area contributed by atoms with Gasteiger partial charge in [-0.1, -0.05) is 13.3 Å². The highest BCUT2D eigenvalue weighted by molar-refractivity contribution is 5.39. The van der Waals surface area contributed by atoms with E-state index in [2.05, 4.69) is 4.98 Å². The van der Waals surface area contributed by atoms with Crippen LogP contribution in [0.2, 0.25) is 0 Å². The first-order chi connectivity index (χ1) is 6.24. The molecule has 1 heterocycles. The molecule has 0 unspecified atom stereocenters. The average Bonchev–Trinajstić information content (AvgIpc) is 2.15. The molecule has 0 saturated heterocycles. The monoisotopic (exact) mass is 184 g/mol. The van der Waals surface area contributed by atoms with Crippen molar-refractivity contribution in [1.29, 1.82) is 0 Å². The van der Waals surface area contributed by atoms with E-state index in [1.807, 2.05) is 13.7 Å².